The average molecular weight is 321 g/mol. The molecule has 0 radical (unpaired) electrons. The van der Waals surface area contributed by atoms with Crippen molar-refractivity contribution in [2.24, 2.45) is 0 Å². The lowest BCUT2D eigenvalue weighted by Crippen LogP contribution is -2.32. The maximum absolute atomic E-state index is 13.8. The van der Waals surface area contributed by atoms with Gasteiger partial charge in [-0.3, -0.25) is 0 Å². The first-order chi connectivity index (χ1) is 9.77. The maximum atomic E-state index is 13.8. The van der Waals surface area contributed by atoms with E-state index in [1.54, 1.807) is 19.0 Å². The standard InChI is InChI=1S/C13H21F2N3O2S/c1-4-16-9-10-7-11(14)13(15)12(8-10)21(19,20)17-5-6-18(2)3/h7-8,16-17H,4-6,9H2,1-3H3. The van der Waals surface area contributed by atoms with Crippen molar-refractivity contribution < 1.29 is 17.2 Å². The highest BCUT2D eigenvalue weighted by atomic mass is 32.2. The Balaban J connectivity index is 3.01. The normalized spacial score (nSPS) is 12.1. The Hall–Kier alpha value is -1.09. The first-order valence-corrected chi connectivity index (χ1v) is 8.09. The van der Waals surface area contributed by atoms with E-state index in [1.165, 1.54) is 0 Å². The summed E-state index contributed by atoms with van der Waals surface area (Å²) in [4.78, 5) is 1.12. The van der Waals surface area contributed by atoms with Crippen molar-refractivity contribution in [1.82, 2.24) is 14.9 Å². The number of sulfonamides is 1. The number of rotatable bonds is 8. The van der Waals surface area contributed by atoms with Crippen LogP contribution in [0.3, 0.4) is 0 Å². The zero-order valence-corrected chi connectivity index (χ0v) is 13.2. The molecule has 0 amide bonds. The zero-order valence-electron chi connectivity index (χ0n) is 12.4. The van der Waals surface area contributed by atoms with Crippen LogP contribution < -0.4 is 10.0 Å². The summed E-state index contributed by atoms with van der Waals surface area (Å²) in [5.41, 5.74) is 0.378. The summed E-state index contributed by atoms with van der Waals surface area (Å²) in [7, 11) is -0.509. The van der Waals surface area contributed by atoms with Crippen molar-refractivity contribution >= 4 is 10.0 Å². The fourth-order valence-corrected chi connectivity index (χ4v) is 2.82. The number of halogens is 2. The molecule has 0 atom stereocenters. The topological polar surface area (TPSA) is 61.4 Å². The molecule has 120 valence electrons. The fourth-order valence-electron chi connectivity index (χ4n) is 1.67. The van der Waals surface area contributed by atoms with Crippen molar-refractivity contribution in [1.29, 1.82) is 0 Å². The molecule has 0 unspecified atom stereocenters. The first kappa shape index (κ1) is 18.0. The summed E-state index contributed by atoms with van der Waals surface area (Å²) < 4.78 is 53.7. The second-order valence-electron chi connectivity index (χ2n) is 4.87. The van der Waals surface area contributed by atoms with E-state index >= 15 is 0 Å². The van der Waals surface area contributed by atoms with E-state index in [0.29, 0.717) is 18.7 Å². The Morgan fingerprint density at radius 1 is 1.24 bits per heavy atom. The molecule has 21 heavy (non-hydrogen) atoms. The second kappa shape index (κ2) is 7.79. The lowest BCUT2D eigenvalue weighted by molar-refractivity contribution is 0.412. The minimum absolute atomic E-state index is 0.119. The van der Waals surface area contributed by atoms with Gasteiger partial charge in [-0.2, -0.15) is 0 Å². The summed E-state index contributed by atoms with van der Waals surface area (Å²) in [5, 5.41) is 2.94. The van der Waals surface area contributed by atoms with E-state index in [-0.39, 0.29) is 13.1 Å². The van der Waals surface area contributed by atoms with Crippen LogP contribution in [0.2, 0.25) is 0 Å². The van der Waals surface area contributed by atoms with Crippen LogP contribution >= 0.6 is 0 Å². The van der Waals surface area contributed by atoms with E-state index in [2.05, 4.69) is 10.0 Å². The zero-order chi connectivity index (χ0) is 16.0. The van der Waals surface area contributed by atoms with E-state index in [4.69, 9.17) is 0 Å². The van der Waals surface area contributed by atoms with Gasteiger partial charge < -0.3 is 10.2 Å². The highest BCUT2D eigenvalue weighted by molar-refractivity contribution is 7.89. The monoisotopic (exact) mass is 321 g/mol. The van der Waals surface area contributed by atoms with E-state index in [9.17, 15) is 17.2 Å². The summed E-state index contributed by atoms with van der Waals surface area (Å²) in [6.45, 7) is 3.35. The molecule has 5 nitrogen and oxygen atoms in total. The van der Waals surface area contributed by atoms with Crippen molar-refractivity contribution in [2.75, 3.05) is 33.7 Å². The molecule has 0 spiro atoms. The molecule has 0 saturated carbocycles. The third-order valence-electron chi connectivity index (χ3n) is 2.77. The predicted molar refractivity (Wildman–Crippen MR) is 77.5 cm³/mol. The average Bonchev–Trinajstić information content (AvgIpc) is 2.39. The van der Waals surface area contributed by atoms with Gasteiger partial charge in [-0.25, -0.2) is 21.9 Å². The smallest absolute Gasteiger partial charge is 0.243 e. The minimum atomic E-state index is -4.08. The molecule has 0 bridgehead atoms. The molecule has 1 aromatic carbocycles. The quantitative estimate of drug-likeness (QED) is 0.747. The summed E-state index contributed by atoms with van der Waals surface area (Å²) in [5.74, 6) is -2.52. The molecule has 8 heteroatoms. The Kier molecular flexibility index (Phi) is 6.66. The van der Waals surface area contributed by atoms with Gasteiger partial charge in [-0.1, -0.05) is 6.92 Å². The number of nitrogens with one attached hydrogen (secondary N) is 2. The second-order valence-corrected chi connectivity index (χ2v) is 6.61. The van der Waals surface area contributed by atoms with Crippen LogP contribution in [0.15, 0.2) is 17.0 Å². The predicted octanol–water partition coefficient (Wildman–Crippen LogP) is 0.914. The third-order valence-corrected chi connectivity index (χ3v) is 4.23. The van der Waals surface area contributed by atoms with Crippen molar-refractivity contribution in [2.45, 2.75) is 18.4 Å². The highest BCUT2D eigenvalue weighted by Crippen LogP contribution is 2.19. The number of benzene rings is 1. The molecule has 0 aliphatic rings. The van der Waals surface area contributed by atoms with Crippen LogP contribution in [0.4, 0.5) is 8.78 Å². The van der Waals surface area contributed by atoms with Gasteiger partial charge in [-0.05, 0) is 38.3 Å². The Morgan fingerprint density at radius 2 is 1.90 bits per heavy atom. The number of likely N-dealkylation sites (N-methyl/N-ethyl adjacent to an activating group) is 1. The molecule has 1 aromatic rings. The van der Waals surface area contributed by atoms with Crippen molar-refractivity contribution in [3.63, 3.8) is 0 Å². The van der Waals surface area contributed by atoms with Gasteiger partial charge in [0.2, 0.25) is 10.0 Å². The Labute approximate surface area is 124 Å². The summed E-state index contributed by atoms with van der Waals surface area (Å²) in [6.07, 6.45) is 0. The fraction of sp³-hybridized carbons (Fsp3) is 0.538. The van der Waals surface area contributed by atoms with Crippen molar-refractivity contribution in [3.8, 4) is 0 Å². The van der Waals surface area contributed by atoms with Gasteiger partial charge >= 0.3 is 0 Å². The molecule has 0 aliphatic carbocycles. The molecular weight excluding hydrogens is 300 g/mol. The minimum Gasteiger partial charge on any atom is -0.313 e. The van der Waals surface area contributed by atoms with E-state index < -0.39 is 26.6 Å². The van der Waals surface area contributed by atoms with Gasteiger partial charge in [0.1, 0.15) is 4.90 Å². The summed E-state index contributed by atoms with van der Waals surface area (Å²) in [6, 6.07) is 2.15. The molecule has 0 aliphatic heterocycles. The number of hydrogen-bond donors (Lipinski definition) is 2. The molecule has 0 aromatic heterocycles. The Morgan fingerprint density at radius 3 is 2.48 bits per heavy atom. The largest absolute Gasteiger partial charge is 0.313 e. The lowest BCUT2D eigenvalue weighted by atomic mass is 10.2. The maximum Gasteiger partial charge on any atom is 0.243 e. The highest BCUT2D eigenvalue weighted by Gasteiger charge is 2.22. The van der Waals surface area contributed by atoms with Gasteiger partial charge in [0.15, 0.2) is 11.6 Å². The first-order valence-electron chi connectivity index (χ1n) is 6.61. The molecule has 0 saturated heterocycles. The van der Waals surface area contributed by atoms with Gasteiger partial charge in [0.25, 0.3) is 0 Å². The van der Waals surface area contributed by atoms with Crippen LogP contribution in [0.1, 0.15) is 12.5 Å². The number of hydrogen-bond acceptors (Lipinski definition) is 4. The van der Waals surface area contributed by atoms with Crippen molar-refractivity contribution in [3.05, 3.63) is 29.3 Å². The van der Waals surface area contributed by atoms with E-state index in [1.807, 2.05) is 6.92 Å². The molecule has 0 heterocycles. The number of nitrogens with zero attached hydrogens (tertiary/aromatic N) is 1. The molecule has 1 rings (SSSR count). The Bertz CT molecular complexity index is 577. The SMILES string of the molecule is CCNCc1cc(F)c(F)c(S(=O)(=O)NCCN(C)C)c1. The molecular formula is C13H21F2N3O2S. The van der Waals surface area contributed by atoms with Crippen LogP contribution in [0.25, 0.3) is 0 Å². The van der Waals surface area contributed by atoms with Gasteiger partial charge in [-0.15, -0.1) is 0 Å². The molecule has 2 N–H and O–H groups in total. The van der Waals surface area contributed by atoms with Crippen LogP contribution in [0.5, 0.6) is 0 Å². The van der Waals surface area contributed by atoms with Gasteiger partial charge in [0, 0.05) is 19.6 Å². The van der Waals surface area contributed by atoms with E-state index in [0.717, 1.165) is 12.1 Å². The summed E-state index contributed by atoms with van der Waals surface area (Å²) >= 11 is 0. The van der Waals surface area contributed by atoms with Crippen LogP contribution in [-0.4, -0.2) is 47.0 Å². The third kappa shape index (κ3) is 5.31. The van der Waals surface area contributed by atoms with Crippen LogP contribution in [-0.2, 0) is 16.6 Å². The van der Waals surface area contributed by atoms with Gasteiger partial charge in [0.05, 0.1) is 0 Å². The lowest BCUT2D eigenvalue weighted by Gasteiger charge is -2.13. The van der Waals surface area contributed by atoms with Crippen LogP contribution in [0, 0.1) is 11.6 Å². The molecule has 0 fully saturated rings.